The van der Waals surface area contributed by atoms with Crippen molar-refractivity contribution in [2.75, 3.05) is 40.9 Å². The second kappa shape index (κ2) is 11.3. The van der Waals surface area contributed by atoms with Crippen LogP contribution in [0.4, 0.5) is 0 Å². The second-order valence-corrected chi connectivity index (χ2v) is 8.96. The standard InChI is InChI=1S/C27H34N2O6/c1-7-34-21-13-10-19(16-22(21)33-6)24-23(26(31)27(32)29(24)15-14-28(4)5)25(30)18-8-11-20(12-9-18)35-17(2)3/h8-13,16-17,24,30H,7,14-15H2,1-6H3/b25-23+. The van der Waals surface area contributed by atoms with Crippen LogP contribution in [0.2, 0.25) is 0 Å². The summed E-state index contributed by atoms with van der Waals surface area (Å²) < 4.78 is 16.8. The average Bonchev–Trinajstić information content (AvgIpc) is 3.07. The average molecular weight is 483 g/mol. The summed E-state index contributed by atoms with van der Waals surface area (Å²) in [4.78, 5) is 28.8. The Balaban J connectivity index is 2.12. The molecule has 0 aromatic heterocycles. The van der Waals surface area contributed by atoms with Crippen molar-refractivity contribution >= 4 is 17.4 Å². The summed E-state index contributed by atoms with van der Waals surface area (Å²) in [7, 11) is 5.46. The van der Waals surface area contributed by atoms with Gasteiger partial charge in [0.15, 0.2) is 11.5 Å². The predicted molar refractivity (Wildman–Crippen MR) is 130 cm³/mol. The lowest BCUT2D eigenvalue weighted by Crippen LogP contribution is -3.06. The van der Waals surface area contributed by atoms with Crippen LogP contribution < -0.4 is 24.2 Å². The molecule has 0 saturated carbocycles. The number of rotatable bonds is 10. The lowest BCUT2D eigenvalue weighted by Gasteiger charge is -2.28. The first-order valence-corrected chi connectivity index (χ1v) is 11.8. The Kier molecular flexibility index (Phi) is 8.40. The number of ketones is 1. The Bertz CT molecular complexity index is 1090. The van der Waals surface area contributed by atoms with E-state index in [0.29, 0.717) is 48.1 Å². The summed E-state index contributed by atoms with van der Waals surface area (Å²) in [6.45, 7) is 7.10. The number of amides is 1. The number of methoxy groups -OCH3 is 1. The van der Waals surface area contributed by atoms with E-state index in [1.807, 2.05) is 34.9 Å². The van der Waals surface area contributed by atoms with Gasteiger partial charge in [-0.2, -0.15) is 0 Å². The van der Waals surface area contributed by atoms with E-state index >= 15 is 0 Å². The molecule has 0 aliphatic carbocycles. The molecule has 8 nitrogen and oxygen atoms in total. The molecule has 1 saturated heterocycles. The summed E-state index contributed by atoms with van der Waals surface area (Å²) in [5, 5.41) is 13.6. The Morgan fingerprint density at radius 2 is 1.77 bits per heavy atom. The minimum atomic E-state index is -0.821. The third-order valence-corrected chi connectivity index (χ3v) is 5.67. The van der Waals surface area contributed by atoms with Crippen LogP contribution in [0.3, 0.4) is 0 Å². The molecule has 1 aliphatic heterocycles. The summed E-state index contributed by atoms with van der Waals surface area (Å²) in [5.74, 6) is -0.282. The van der Waals surface area contributed by atoms with E-state index in [4.69, 9.17) is 14.2 Å². The molecule has 2 aromatic rings. The molecular formula is C27H34N2O6. The van der Waals surface area contributed by atoms with E-state index in [9.17, 15) is 14.7 Å². The van der Waals surface area contributed by atoms with Gasteiger partial charge in [-0.15, -0.1) is 0 Å². The van der Waals surface area contributed by atoms with Gasteiger partial charge in [-0.3, -0.25) is 9.59 Å². The summed E-state index contributed by atoms with van der Waals surface area (Å²) in [6, 6.07) is 11.0. The highest BCUT2D eigenvalue weighted by Gasteiger charge is 2.44. The zero-order chi connectivity index (χ0) is 25.7. The number of quaternary nitrogens is 1. The number of hydrogen-bond donors (Lipinski definition) is 1. The maximum absolute atomic E-state index is 13.6. The molecule has 188 valence electrons. The van der Waals surface area contributed by atoms with Crippen molar-refractivity contribution in [3.05, 3.63) is 59.2 Å². The molecule has 1 amide bonds. The van der Waals surface area contributed by atoms with Crippen molar-refractivity contribution in [2.24, 2.45) is 0 Å². The lowest BCUT2D eigenvalue weighted by atomic mass is 9.95. The molecule has 35 heavy (non-hydrogen) atoms. The maximum Gasteiger partial charge on any atom is 0.295 e. The fourth-order valence-corrected chi connectivity index (χ4v) is 4.03. The topological polar surface area (TPSA) is 92.6 Å². The van der Waals surface area contributed by atoms with Crippen LogP contribution in [0.1, 0.15) is 37.9 Å². The molecule has 2 aromatic carbocycles. The van der Waals surface area contributed by atoms with E-state index < -0.39 is 23.5 Å². The summed E-state index contributed by atoms with van der Waals surface area (Å²) in [6.07, 6.45) is -0.00800. The zero-order valence-corrected chi connectivity index (χ0v) is 21.2. The Hall–Kier alpha value is -3.52. The molecule has 0 spiro atoms. The van der Waals surface area contributed by atoms with Crippen LogP contribution in [0.25, 0.3) is 5.76 Å². The lowest BCUT2D eigenvalue weighted by molar-refractivity contribution is -0.857. The van der Waals surface area contributed by atoms with Crippen LogP contribution in [0.15, 0.2) is 48.0 Å². The smallest absolute Gasteiger partial charge is 0.295 e. The van der Waals surface area contributed by atoms with Crippen molar-refractivity contribution in [3.63, 3.8) is 0 Å². The van der Waals surface area contributed by atoms with E-state index in [-0.39, 0.29) is 11.7 Å². The SMILES string of the molecule is CCOc1ccc(C2/C(=C(\[O-])c3ccc(OC(C)C)cc3)C(=O)C(=O)N2CC[NH+](C)C)cc1OC. The van der Waals surface area contributed by atoms with Crippen LogP contribution in [0.5, 0.6) is 17.2 Å². The monoisotopic (exact) mass is 482 g/mol. The quantitative estimate of drug-likeness (QED) is 0.311. The largest absolute Gasteiger partial charge is 0.872 e. The number of likely N-dealkylation sites (N-methyl/N-ethyl adjacent to an activating group) is 1. The van der Waals surface area contributed by atoms with Crippen molar-refractivity contribution in [1.82, 2.24) is 4.90 Å². The van der Waals surface area contributed by atoms with Gasteiger partial charge in [-0.25, -0.2) is 0 Å². The summed E-state index contributed by atoms with van der Waals surface area (Å²) in [5.41, 5.74) is 0.870. The first-order chi connectivity index (χ1) is 16.7. The van der Waals surface area contributed by atoms with Gasteiger partial charge in [0.25, 0.3) is 5.91 Å². The number of nitrogens with zero attached hydrogens (tertiary/aromatic N) is 1. The van der Waals surface area contributed by atoms with Crippen molar-refractivity contribution < 1.29 is 33.8 Å². The predicted octanol–water partition coefficient (Wildman–Crippen LogP) is 1.25. The van der Waals surface area contributed by atoms with E-state index in [0.717, 1.165) is 4.90 Å². The molecule has 1 fully saturated rings. The minimum absolute atomic E-state index is 0.00800. The van der Waals surface area contributed by atoms with Gasteiger partial charge in [0.1, 0.15) is 5.75 Å². The number of nitrogens with one attached hydrogen (secondary N) is 1. The normalized spacial score (nSPS) is 17.4. The first-order valence-electron chi connectivity index (χ1n) is 11.8. The van der Waals surface area contributed by atoms with Gasteiger partial charge in [0.05, 0.1) is 53.0 Å². The van der Waals surface area contributed by atoms with Crippen LogP contribution in [0, 0.1) is 0 Å². The van der Waals surface area contributed by atoms with E-state index in [1.54, 1.807) is 42.5 Å². The zero-order valence-electron chi connectivity index (χ0n) is 21.2. The third-order valence-electron chi connectivity index (χ3n) is 5.67. The van der Waals surface area contributed by atoms with Crippen molar-refractivity contribution in [3.8, 4) is 17.2 Å². The Morgan fingerprint density at radius 3 is 2.34 bits per heavy atom. The molecule has 3 rings (SSSR count). The van der Waals surface area contributed by atoms with Crippen molar-refractivity contribution in [2.45, 2.75) is 32.9 Å². The minimum Gasteiger partial charge on any atom is -0.872 e. The highest BCUT2D eigenvalue weighted by molar-refractivity contribution is 6.46. The number of hydrogen-bond acceptors (Lipinski definition) is 6. The number of carbonyl (C=O) groups is 2. The van der Waals surface area contributed by atoms with Gasteiger partial charge in [0, 0.05) is 5.57 Å². The number of carbonyl (C=O) groups excluding carboxylic acids is 2. The first kappa shape index (κ1) is 26.1. The van der Waals surface area contributed by atoms with Gasteiger partial charge in [0.2, 0.25) is 5.78 Å². The van der Waals surface area contributed by atoms with Gasteiger partial charge in [-0.1, -0.05) is 24.0 Å². The third kappa shape index (κ3) is 5.77. The van der Waals surface area contributed by atoms with Crippen LogP contribution in [-0.2, 0) is 9.59 Å². The van der Waals surface area contributed by atoms with Gasteiger partial charge in [-0.05, 0) is 56.2 Å². The molecule has 8 heteroatoms. The van der Waals surface area contributed by atoms with E-state index in [2.05, 4.69) is 0 Å². The number of benzene rings is 2. The molecular weight excluding hydrogens is 448 g/mol. The summed E-state index contributed by atoms with van der Waals surface area (Å²) >= 11 is 0. The fraction of sp³-hybridized carbons (Fsp3) is 0.407. The molecule has 1 unspecified atom stereocenters. The van der Waals surface area contributed by atoms with Gasteiger partial charge >= 0.3 is 0 Å². The number of Topliss-reactive ketones (excluding diaryl/α,β-unsaturated/α-hetero) is 1. The molecule has 0 radical (unpaired) electrons. The van der Waals surface area contributed by atoms with Crippen LogP contribution in [-0.4, -0.2) is 63.6 Å². The van der Waals surface area contributed by atoms with Crippen LogP contribution >= 0.6 is 0 Å². The molecule has 0 bridgehead atoms. The Morgan fingerprint density at radius 1 is 1.09 bits per heavy atom. The Labute approximate surface area is 206 Å². The number of likely N-dealkylation sites (tertiary alicyclic amines) is 1. The van der Waals surface area contributed by atoms with Gasteiger partial charge < -0.3 is 29.1 Å². The highest BCUT2D eigenvalue weighted by Crippen LogP contribution is 2.41. The maximum atomic E-state index is 13.6. The second-order valence-electron chi connectivity index (χ2n) is 8.96. The molecule has 1 N–H and O–H groups in total. The fourth-order valence-electron chi connectivity index (χ4n) is 4.03. The molecule has 1 atom stereocenters. The number of ether oxygens (including phenoxy) is 3. The van der Waals surface area contributed by atoms with E-state index in [1.165, 1.54) is 12.0 Å². The molecule has 1 heterocycles. The highest BCUT2D eigenvalue weighted by atomic mass is 16.5. The van der Waals surface area contributed by atoms with Crippen molar-refractivity contribution in [1.29, 1.82) is 0 Å². The molecule has 1 aliphatic rings.